The molecular weight excluding hydrogens is 366 g/mol. The van der Waals surface area contributed by atoms with E-state index in [2.05, 4.69) is 31.4 Å². The Labute approximate surface area is 141 Å². The van der Waals surface area contributed by atoms with E-state index in [4.69, 9.17) is 5.11 Å². The van der Waals surface area contributed by atoms with E-state index in [9.17, 15) is 9.59 Å². The molecule has 9 heteroatoms. The first-order valence-electron chi connectivity index (χ1n) is 7.11. The third-order valence-corrected chi connectivity index (χ3v) is 4.54. The largest absolute Gasteiger partial charge is 0.477 e. The van der Waals surface area contributed by atoms with Crippen LogP contribution in [0, 0.1) is 13.8 Å². The fourth-order valence-corrected chi connectivity index (χ4v) is 2.47. The number of hydrogen-bond donors (Lipinski definition) is 2. The van der Waals surface area contributed by atoms with Crippen molar-refractivity contribution < 1.29 is 14.7 Å². The zero-order valence-electron chi connectivity index (χ0n) is 12.9. The van der Waals surface area contributed by atoms with E-state index in [-0.39, 0.29) is 18.1 Å². The predicted octanol–water partition coefficient (Wildman–Crippen LogP) is 1.36. The zero-order valence-corrected chi connectivity index (χ0v) is 14.5. The lowest BCUT2D eigenvalue weighted by molar-refractivity contribution is -0.121. The molecule has 0 saturated carbocycles. The third kappa shape index (κ3) is 4.19. The number of carbonyl (C=O) groups excluding carboxylic acids is 1. The molecule has 0 aliphatic heterocycles. The van der Waals surface area contributed by atoms with Gasteiger partial charge in [-0.3, -0.25) is 9.48 Å². The normalized spacial score (nSPS) is 10.7. The monoisotopic (exact) mass is 383 g/mol. The number of rotatable bonds is 7. The van der Waals surface area contributed by atoms with E-state index in [0.29, 0.717) is 13.1 Å². The van der Waals surface area contributed by atoms with Crippen molar-refractivity contribution in [3.63, 3.8) is 0 Å². The molecule has 2 aromatic heterocycles. The van der Waals surface area contributed by atoms with E-state index in [1.807, 2.05) is 18.5 Å². The number of aromatic carboxylic acids is 1. The van der Waals surface area contributed by atoms with Crippen LogP contribution < -0.4 is 5.32 Å². The van der Waals surface area contributed by atoms with Crippen molar-refractivity contribution in [1.29, 1.82) is 0 Å². The molecule has 8 nitrogen and oxygen atoms in total. The van der Waals surface area contributed by atoms with Gasteiger partial charge in [0, 0.05) is 25.0 Å². The average molecular weight is 384 g/mol. The second-order valence-electron chi connectivity index (χ2n) is 5.09. The van der Waals surface area contributed by atoms with E-state index in [1.165, 1.54) is 12.3 Å². The van der Waals surface area contributed by atoms with E-state index >= 15 is 0 Å². The van der Waals surface area contributed by atoms with Crippen LogP contribution >= 0.6 is 15.9 Å². The molecule has 0 unspecified atom stereocenters. The van der Waals surface area contributed by atoms with Gasteiger partial charge in [-0.1, -0.05) is 0 Å². The molecule has 0 fully saturated rings. The first-order valence-corrected chi connectivity index (χ1v) is 7.90. The minimum absolute atomic E-state index is 0.00681. The molecule has 23 heavy (non-hydrogen) atoms. The number of nitrogens with one attached hydrogen (secondary N) is 1. The summed E-state index contributed by atoms with van der Waals surface area (Å²) in [5.41, 5.74) is 1.98. The average Bonchev–Trinajstić information content (AvgIpc) is 3.05. The summed E-state index contributed by atoms with van der Waals surface area (Å²) in [4.78, 5) is 22.8. The maximum absolute atomic E-state index is 11.8. The summed E-state index contributed by atoms with van der Waals surface area (Å²) in [5.74, 6) is -1.38. The van der Waals surface area contributed by atoms with Crippen LogP contribution in [0.5, 0.6) is 0 Å². The lowest BCUT2D eigenvalue weighted by Crippen LogP contribution is -2.30. The molecule has 2 N–H and O–H groups in total. The van der Waals surface area contributed by atoms with E-state index in [1.54, 1.807) is 0 Å². The summed E-state index contributed by atoms with van der Waals surface area (Å²) >= 11 is 3.47. The quantitative estimate of drug-likeness (QED) is 0.702. The summed E-state index contributed by atoms with van der Waals surface area (Å²) in [6.45, 7) is 4.98. The van der Waals surface area contributed by atoms with Gasteiger partial charge in [0.15, 0.2) is 0 Å². The topological polar surface area (TPSA) is 102 Å². The van der Waals surface area contributed by atoms with Crippen LogP contribution in [0.3, 0.4) is 0 Å². The Morgan fingerprint density at radius 2 is 2.09 bits per heavy atom. The van der Waals surface area contributed by atoms with Crippen LogP contribution in [0.25, 0.3) is 0 Å². The van der Waals surface area contributed by atoms with Crippen LogP contribution in [0.4, 0.5) is 0 Å². The van der Waals surface area contributed by atoms with E-state index in [0.717, 1.165) is 27.0 Å². The minimum atomic E-state index is -1.11. The molecule has 0 saturated heterocycles. The van der Waals surface area contributed by atoms with Crippen LogP contribution in [-0.4, -0.2) is 43.1 Å². The first-order chi connectivity index (χ1) is 10.9. The molecule has 124 valence electrons. The highest BCUT2D eigenvalue weighted by Gasteiger charge is 2.13. The smallest absolute Gasteiger partial charge is 0.354 e. The molecule has 0 aromatic carbocycles. The molecule has 2 rings (SSSR count). The lowest BCUT2D eigenvalue weighted by atomic mass is 10.3. The number of nitrogens with zero attached hydrogens (tertiary/aromatic N) is 4. The van der Waals surface area contributed by atoms with Crippen molar-refractivity contribution in [1.82, 2.24) is 24.9 Å². The Kier molecular flexibility index (Phi) is 5.54. The summed E-state index contributed by atoms with van der Waals surface area (Å²) in [7, 11) is 0. The maximum Gasteiger partial charge on any atom is 0.354 e. The Hall–Kier alpha value is -2.16. The summed E-state index contributed by atoms with van der Waals surface area (Å²) in [6, 6.07) is 1.36. The number of halogens is 1. The van der Waals surface area contributed by atoms with Crippen molar-refractivity contribution in [2.45, 2.75) is 33.4 Å². The van der Waals surface area contributed by atoms with E-state index < -0.39 is 5.97 Å². The first kappa shape index (κ1) is 17.2. The van der Waals surface area contributed by atoms with Gasteiger partial charge in [-0.25, -0.2) is 9.48 Å². The van der Waals surface area contributed by atoms with Crippen molar-refractivity contribution in [2.24, 2.45) is 0 Å². The number of aryl methyl sites for hydroxylation is 2. The fourth-order valence-electron chi connectivity index (χ4n) is 2.18. The highest BCUT2D eigenvalue weighted by molar-refractivity contribution is 9.10. The molecular formula is C14H18BrN5O3. The molecule has 2 heterocycles. The molecule has 2 aromatic rings. The van der Waals surface area contributed by atoms with Gasteiger partial charge in [0.05, 0.1) is 10.2 Å². The summed E-state index contributed by atoms with van der Waals surface area (Å²) in [6.07, 6.45) is 2.09. The second-order valence-corrected chi connectivity index (χ2v) is 5.88. The summed E-state index contributed by atoms with van der Waals surface area (Å²) < 4.78 is 4.05. The van der Waals surface area contributed by atoms with Crippen molar-refractivity contribution in [3.05, 3.63) is 33.8 Å². The molecule has 0 atom stereocenters. The van der Waals surface area contributed by atoms with Gasteiger partial charge in [0.2, 0.25) is 5.91 Å². The van der Waals surface area contributed by atoms with Gasteiger partial charge in [-0.15, -0.1) is 0 Å². The van der Waals surface area contributed by atoms with Gasteiger partial charge < -0.3 is 10.4 Å². The molecule has 0 spiro atoms. The van der Waals surface area contributed by atoms with Crippen molar-refractivity contribution in [3.8, 4) is 0 Å². The van der Waals surface area contributed by atoms with Gasteiger partial charge in [0.1, 0.15) is 12.2 Å². The summed E-state index contributed by atoms with van der Waals surface area (Å²) in [5, 5.41) is 19.9. The number of hydrogen-bond acceptors (Lipinski definition) is 4. The molecule has 0 bridgehead atoms. The molecule has 1 amide bonds. The van der Waals surface area contributed by atoms with Crippen LogP contribution in [0.15, 0.2) is 16.7 Å². The number of carboxylic acids is 1. The molecule has 0 radical (unpaired) electrons. The Bertz CT molecular complexity index is 722. The van der Waals surface area contributed by atoms with Crippen LogP contribution in [0.1, 0.15) is 28.3 Å². The Morgan fingerprint density at radius 1 is 1.35 bits per heavy atom. The van der Waals surface area contributed by atoms with Gasteiger partial charge in [-0.05, 0) is 42.3 Å². The SMILES string of the molecule is Cc1nn(CCCNC(=O)Cn2nccc2C(=O)O)c(C)c1Br. The third-order valence-electron chi connectivity index (χ3n) is 3.39. The number of carbonyl (C=O) groups is 2. The number of aromatic nitrogens is 4. The minimum Gasteiger partial charge on any atom is -0.477 e. The Balaban J connectivity index is 1.78. The fraction of sp³-hybridized carbons (Fsp3) is 0.429. The number of amides is 1. The highest BCUT2D eigenvalue weighted by atomic mass is 79.9. The standard InChI is InChI=1S/C14H18BrN5O3/c1-9-13(15)10(2)19(18-9)7-3-5-16-12(21)8-20-11(14(22)23)4-6-17-20/h4,6H,3,5,7-8H2,1-2H3,(H,16,21)(H,22,23). The van der Waals surface area contributed by atoms with Crippen molar-refractivity contribution >= 4 is 27.8 Å². The highest BCUT2D eigenvalue weighted by Crippen LogP contribution is 2.19. The molecule has 0 aliphatic carbocycles. The van der Waals surface area contributed by atoms with Gasteiger partial charge in [0.25, 0.3) is 0 Å². The zero-order chi connectivity index (χ0) is 17.0. The maximum atomic E-state index is 11.8. The predicted molar refractivity (Wildman–Crippen MR) is 86.2 cm³/mol. The lowest BCUT2D eigenvalue weighted by Gasteiger charge is -2.08. The number of carboxylic acid groups (broad SMARTS) is 1. The molecule has 0 aliphatic rings. The van der Waals surface area contributed by atoms with Crippen molar-refractivity contribution in [2.75, 3.05) is 6.54 Å². The van der Waals surface area contributed by atoms with Crippen LogP contribution in [0.2, 0.25) is 0 Å². The Morgan fingerprint density at radius 3 is 2.70 bits per heavy atom. The van der Waals surface area contributed by atoms with Crippen LogP contribution in [-0.2, 0) is 17.9 Å². The second kappa shape index (κ2) is 7.40. The van der Waals surface area contributed by atoms with Gasteiger partial charge in [-0.2, -0.15) is 10.2 Å². The van der Waals surface area contributed by atoms with Gasteiger partial charge >= 0.3 is 5.97 Å².